The lowest BCUT2D eigenvalue weighted by atomic mass is 10.2. The number of ether oxygens (including phenoxy) is 1. The highest BCUT2D eigenvalue weighted by molar-refractivity contribution is 7.92. The molecule has 9 nitrogen and oxygen atoms in total. The van der Waals surface area contributed by atoms with Crippen LogP contribution >= 0.6 is 11.6 Å². The number of anilines is 1. The van der Waals surface area contributed by atoms with E-state index in [9.17, 15) is 18.0 Å². The van der Waals surface area contributed by atoms with Crippen LogP contribution in [-0.4, -0.2) is 39.6 Å². The predicted octanol–water partition coefficient (Wildman–Crippen LogP) is 2.86. The summed E-state index contributed by atoms with van der Waals surface area (Å²) in [7, 11) is -4.05. The van der Waals surface area contributed by atoms with Crippen LogP contribution in [0.2, 0.25) is 5.02 Å². The Balaban J connectivity index is 1.75. The van der Waals surface area contributed by atoms with Crippen molar-refractivity contribution in [1.29, 1.82) is 0 Å². The summed E-state index contributed by atoms with van der Waals surface area (Å²) >= 11 is 6.03. The molecular formula is C24H23ClN4O5S. The lowest BCUT2D eigenvalue weighted by molar-refractivity contribution is -0.120. The van der Waals surface area contributed by atoms with Crippen molar-refractivity contribution in [2.24, 2.45) is 10.8 Å². The summed E-state index contributed by atoms with van der Waals surface area (Å²) in [5.74, 6) is -0.780. The number of hydrogen-bond acceptors (Lipinski definition) is 6. The fourth-order valence-electron chi connectivity index (χ4n) is 3.07. The molecule has 35 heavy (non-hydrogen) atoms. The number of benzene rings is 3. The first-order valence-electron chi connectivity index (χ1n) is 10.3. The van der Waals surface area contributed by atoms with E-state index in [0.717, 1.165) is 4.31 Å². The van der Waals surface area contributed by atoms with Crippen LogP contribution in [0.4, 0.5) is 5.69 Å². The minimum Gasteiger partial charge on any atom is -0.484 e. The molecule has 0 radical (unpaired) electrons. The van der Waals surface area contributed by atoms with Crippen molar-refractivity contribution in [1.82, 2.24) is 5.43 Å². The molecule has 3 aromatic carbocycles. The van der Waals surface area contributed by atoms with Gasteiger partial charge in [0.25, 0.3) is 21.8 Å². The predicted molar refractivity (Wildman–Crippen MR) is 134 cm³/mol. The molecule has 0 fully saturated rings. The van der Waals surface area contributed by atoms with Crippen molar-refractivity contribution >= 4 is 45.3 Å². The Kier molecular flexibility index (Phi) is 8.45. The Morgan fingerprint density at radius 2 is 1.77 bits per heavy atom. The Morgan fingerprint density at radius 3 is 2.40 bits per heavy atom. The van der Waals surface area contributed by atoms with Gasteiger partial charge < -0.3 is 10.5 Å². The standard InChI is InChI=1S/C24H23ClN4O5S/c1-17-13-19(25)9-12-22(17)29(35(32,33)21-5-3-2-4-6-21)15-24(31)28-27-14-18-7-10-20(11-8-18)34-16-23(26)30/h2-14H,15-16H2,1H3,(H2,26,30)(H,28,31)/b27-14-. The SMILES string of the molecule is Cc1cc(Cl)ccc1N(CC(=O)N/N=C\c1ccc(OCC(N)=O)cc1)S(=O)(=O)c1ccccc1. The van der Waals surface area contributed by atoms with Crippen molar-refractivity contribution in [2.75, 3.05) is 17.5 Å². The summed E-state index contributed by atoms with van der Waals surface area (Å²) in [5, 5.41) is 4.35. The van der Waals surface area contributed by atoms with E-state index in [-0.39, 0.29) is 11.5 Å². The number of halogens is 1. The van der Waals surface area contributed by atoms with Crippen molar-refractivity contribution in [3.05, 3.63) is 88.9 Å². The van der Waals surface area contributed by atoms with Crippen LogP contribution in [0.15, 0.2) is 82.8 Å². The first-order chi connectivity index (χ1) is 16.7. The molecule has 0 aliphatic heterocycles. The molecule has 11 heteroatoms. The van der Waals surface area contributed by atoms with Gasteiger partial charge in [-0.1, -0.05) is 29.8 Å². The van der Waals surface area contributed by atoms with Gasteiger partial charge in [-0.05, 0) is 72.6 Å². The average Bonchev–Trinajstić information content (AvgIpc) is 2.83. The van der Waals surface area contributed by atoms with Gasteiger partial charge in [0.2, 0.25) is 0 Å². The molecule has 0 bridgehead atoms. The number of nitrogens with zero attached hydrogens (tertiary/aromatic N) is 2. The Bertz CT molecular complexity index is 1330. The van der Waals surface area contributed by atoms with Crippen LogP contribution in [0, 0.1) is 6.92 Å². The summed E-state index contributed by atoms with van der Waals surface area (Å²) < 4.78 is 32.9. The van der Waals surface area contributed by atoms with Crippen LogP contribution in [0.25, 0.3) is 0 Å². The van der Waals surface area contributed by atoms with Gasteiger partial charge in [-0.15, -0.1) is 0 Å². The van der Waals surface area contributed by atoms with Gasteiger partial charge in [0.1, 0.15) is 12.3 Å². The lowest BCUT2D eigenvalue weighted by Gasteiger charge is -2.25. The number of carbonyl (C=O) groups excluding carboxylic acids is 2. The zero-order valence-electron chi connectivity index (χ0n) is 18.7. The summed E-state index contributed by atoms with van der Waals surface area (Å²) in [5.41, 5.74) is 8.94. The van der Waals surface area contributed by atoms with E-state index < -0.39 is 28.4 Å². The Morgan fingerprint density at radius 1 is 1.09 bits per heavy atom. The second kappa shape index (κ2) is 11.5. The first kappa shape index (κ1) is 25.7. The van der Waals surface area contributed by atoms with Crippen molar-refractivity contribution in [3.63, 3.8) is 0 Å². The number of hydrogen-bond donors (Lipinski definition) is 2. The smallest absolute Gasteiger partial charge is 0.264 e. The van der Waals surface area contributed by atoms with E-state index >= 15 is 0 Å². The van der Waals surface area contributed by atoms with Gasteiger partial charge in [-0.2, -0.15) is 5.10 Å². The van der Waals surface area contributed by atoms with Gasteiger partial charge in [0.15, 0.2) is 6.61 Å². The van der Waals surface area contributed by atoms with Crippen molar-refractivity contribution in [2.45, 2.75) is 11.8 Å². The molecule has 182 valence electrons. The summed E-state index contributed by atoms with van der Waals surface area (Å²) in [4.78, 5) is 23.5. The fraction of sp³-hybridized carbons (Fsp3) is 0.125. The zero-order chi connectivity index (χ0) is 25.4. The number of amides is 2. The molecule has 0 aliphatic carbocycles. The molecule has 0 atom stereocenters. The number of aryl methyl sites for hydroxylation is 1. The lowest BCUT2D eigenvalue weighted by Crippen LogP contribution is -2.40. The minimum atomic E-state index is -4.05. The normalized spacial score (nSPS) is 11.3. The first-order valence-corrected chi connectivity index (χ1v) is 12.2. The molecule has 3 rings (SSSR count). The number of nitrogens with one attached hydrogen (secondary N) is 1. The monoisotopic (exact) mass is 514 g/mol. The van der Waals surface area contributed by atoms with Crippen LogP contribution < -0.4 is 20.2 Å². The van der Waals surface area contributed by atoms with E-state index in [2.05, 4.69) is 10.5 Å². The molecule has 0 heterocycles. The van der Waals surface area contributed by atoms with Crippen LogP contribution in [-0.2, 0) is 19.6 Å². The second-order valence-corrected chi connectivity index (χ2v) is 9.67. The molecule has 0 saturated heterocycles. The number of carbonyl (C=O) groups is 2. The molecule has 0 aliphatic rings. The maximum Gasteiger partial charge on any atom is 0.264 e. The van der Waals surface area contributed by atoms with E-state index in [1.54, 1.807) is 67.6 Å². The van der Waals surface area contributed by atoms with Gasteiger partial charge in [-0.3, -0.25) is 13.9 Å². The number of sulfonamides is 1. The van der Waals surface area contributed by atoms with E-state index in [1.165, 1.54) is 18.3 Å². The molecule has 3 aromatic rings. The minimum absolute atomic E-state index is 0.0456. The number of primary amides is 1. The van der Waals surface area contributed by atoms with Gasteiger partial charge in [-0.25, -0.2) is 13.8 Å². The Hall–Kier alpha value is -3.89. The second-order valence-electron chi connectivity index (χ2n) is 7.37. The zero-order valence-corrected chi connectivity index (χ0v) is 20.3. The van der Waals surface area contributed by atoms with E-state index in [4.69, 9.17) is 22.1 Å². The average molecular weight is 515 g/mol. The highest BCUT2D eigenvalue weighted by Crippen LogP contribution is 2.28. The van der Waals surface area contributed by atoms with Crippen LogP contribution in [0.5, 0.6) is 5.75 Å². The topological polar surface area (TPSA) is 131 Å². The summed E-state index contributed by atoms with van der Waals surface area (Å²) in [6.45, 7) is 0.970. The molecule has 3 N–H and O–H groups in total. The van der Waals surface area contributed by atoms with Gasteiger partial charge >= 0.3 is 0 Å². The molecule has 0 saturated carbocycles. The molecule has 0 unspecified atom stereocenters. The maximum absolute atomic E-state index is 13.4. The summed E-state index contributed by atoms with van der Waals surface area (Å²) in [6, 6.07) is 19.1. The maximum atomic E-state index is 13.4. The van der Waals surface area contributed by atoms with Crippen molar-refractivity contribution < 1.29 is 22.7 Å². The van der Waals surface area contributed by atoms with Crippen LogP contribution in [0.3, 0.4) is 0 Å². The Labute approximate surface area is 208 Å². The number of nitrogens with two attached hydrogens (primary N) is 1. The molecule has 0 spiro atoms. The van der Waals surface area contributed by atoms with Crippen LogP contribution in [0.1, 0.15) is 11.1 Å². The van der Waals surface area contributed by atoms with Crippen molar-refractivity contribution in [3.8, 4) is 5.75 Å². The number of rotatable bonds is 10. The summed E-state index contributed by atoms with van der Waals surface area (Å²) in [6.07, 6.45) is 1.39. The van der Waals surface area contributed by atoms with E-state index in [0.29, 0.717) is 27.6 Å². The van der Waals surface area contributed by atoms with Gasteiger partial charge in [0, 0.05) is 5.02 Å². The molecular weight excluding hydrogens is 492 g/mol. The quantitative estimate of drug-likeness (QED) is 0.317. The third kappa shape index (κ3) is 7.05. The number of hydrazone groups is 1. The van der Waals surface area contributed by atoms with Gasteiger partial charge in [0.05, 0.1) is 16.8 Å². The third-order valence-electron chi connectivity index (χ3n) is 4.71. The highest BCUT2D eigenvalue weighted by atomic mass is 35.5. The van der Waals surface area contributed by atoms with E-state index in [1.807, 2.05) is 0 Å². The highest BCUT2D eigenvalue weighted by Gasteiger charge is 2.28. The molecule has 0 aromatic heterocycles. The third-order valence-corrected chi connectivity index (χ3v) is 6.72. The molecule has 2 amide bonds. The fourth-order valence-corrected chi connectivity index (χ4v) is 4.80. The largest absolute Gasteiger partial charge is 0.484 e.